The van der Waals surface area contributed by atoms with Gasteiger partial charge in [0.2, 0.25) is 0 Å². The van der Waals surface area contributed by atoms with E-state index in [1.807, 2.05) is 18.2 Å². The molecule has 0 radical (unpaired) electrons. The van der Waals surface area contributed by atoms with Crippen LogP contribution in [0.4, 0.5) is 0 Å². The fraction of sp³-hybridized carbons (Fsp3) is 0.293. The highest BCUT2D eigenvalue weighted by atomic mass is 15.1. The maximum atomic E-state index is 5.05. The third kappa shape index (κ3) is 8.01. The first-order chi connectivity index (χ1) is 22.1. The first-order valence-electron chi connectivity index (χ1n) is 16.6. The van der Waals surface area contributed by atoms with E-state index in [4.69, 9.17) is 15.0 Å². The van der Waals surface area contributed by atoms with Crippen LogP contribution < -0.4 is 0 Å². The SMILES string of the molecule is C=C1/C=C\C=C/CN(C2=CCC(c3nc(C4=CCCC=C4C)nc(-c4ccccc4)n3)=CC=C2)C/C1=C\C(C)=C(/BC)C(C)(C)C. The fourth-order valence-electron chi connectivity index (χ4n) is 6.44. The molecule has 0 saturated carbocycles. The van der Waals surface area contributed by atoms with Gasteiger partial charge in [0.1, 0.15) is 7.28 Å². The molecule has 1 aliphatic heterocycles. The molecule has 4 nitrogen and oxygen atoms in total. The zero-order chi connectivity index (χ0) is 32.7. The minimum atomic E-state index is 0.124. The number of rotatable bonds is 6. The topological polar surface area (TPSA) is 41.9 Å². The largest absolute Gasteiger partial charge is 0.364 e. The van der Waals surface area contributed by atoms with Crippen molar-refractivity contribution in [1.29, 1.82) is 0 Å². The Bertz CT molecular complexity index is 1750. The Labute approximate surface area is 277 Å². The van der Waals surface area contributed by atoms with Crippen LogP contribution in [0, 0.1) is 5.41 Å². The molecule has 0 bridgehead atoms. The van der Waals surface area contributed by atoms with Gasteiger partial charge in [0, 0.05) is 35.5 Å². The summed E-state index contributed by atoms with van der Waals surface area (Å²) in [5, 5.41) is 0. The molecule has 5 rings (SSSR count). The smallest absolute Gasteiger partial charge is 0.164 e. The average molecular weight is 607 g/mol. The monoisotopic (exact) mass is 606 g/mol. The number of hydrogen-bond donors (Lipinski definition) is 0. The van der Waals surface area contributed by atoms with Crippen molar-refractivity contribution in [1.82, 2.24) is 19.9 Å². The molecule has 2 aromatic rings. The molecule has 2 heterocycles. The van der Waals surface area contributed by atoms with Crippen LogP contribution in [0.2, 0.25) is 6.82 Å². The zero-order valence-electron chi connectivity index (χ0n) is 28.5. The average Bonchev–Trinajstić information content (AvgIpc) is 3.25. The second kappa shape index (κ2) is 14.7. The van der Waals surface area contributed by atoms with E-state index >= 15 is 0 Å². The first kappa shape index (κ1) is 32.9. The van der Waals surface area contributed by atoms with Crippen LogP contribution in [0.15, 0.2) is 137 Å². The summed E-state index contributed by atoms with van der Waals surface area (Å²) in [7, 11) is 1.03. The highest BCUT2D eigenvalue weighted by molar-refractivity contribution is 6.44. The van der Waals surface area contributed by atoms with E-state index in [2.05, 4.69) is 132 Å². The quantitative estimate of drug-likeness (QED) is 0.307. The molecule has 0 fully saturated rings. The third-order valence-electron chi connectivity index (χ3n) is 8.82. The molecular formula is C41H47BN4. The molecule has 0 N–H and O–H groups in total. The van der Waals surface area contributed by atoms with Gasteiger partial charge in [-0.2, -0.15) is 0 Å². The Kier molecular flexibility index (Phi) is 10.5. The number of aromatic nitrogens is 3. The number of hydrogen-bond acceptors (Lipinski definition) is 4. The van der Waals surface area contributed by atoms with Crippen molar-refractivity contribution in [2.75, 3.05) is 13.1 Å². The van der Waals surface area contributed by atoms with E-state index in [0.717, 1.165) is 73.6 Å². The summed E-state index contributed by atoms with van der Waals surface area (Å²) >= 11 is 0. The molecule has 5 heteroatoms. The predicted octanol–water partition coefficient (Wildman–Crippen LogP) is 9.60. The molecule has 0 unspecified atom stereocenters. The van der Waals surface area contributed by atoms with Crippen molar-refractivity contribution in [3.63, 3.8) is 0 Å². The first-order valence-corrected chi connectivity index (χ1v) is 16.6. The lowest BCUT2D eigenvalue weighted by Gasteiger charge is -2.27. The summed E-state index contributed by atoms with van der Waals surface area (Å²) in [5.74, 6) is 2.17. The summed E-state index contributed by atoms with van der Waals surface area (Å²) < 4.78 is 0. The van der Waals surface area contributed by atoms with E-state index in [9.17, 15) is 0 Å². The van der Waals surface area contributed by atoms with Crippen LogP contribution in [-0.4, -0.2) is 40.2 Å². The second-order valence-corrected chi connectivity index (χ2v) is 13.3. The van der Waals surface area contributed by atoms with Gasteiger partial charge >= 0.3 is 0 Å². The Morgan fingerprint density at radius 1 is 0.913 bits per heavy atom. The van der Waals surface area contributed by atoms with Gasteiger partial charge in [-0.15, -0.1) is 0 Å². The highest BCUT2D eigenvalue weighted by Gasteiger charge is 2.20. The van der Waals surface area contributed by atoms with Crippen molar-refractivity contribution < 1.29 is 0 Å². The van der Waals surface area contributed by atoms with E-state index < -0.39 is 0 Å². The lowest BCUT2D eigenvalue weighted by Crippen LogP contribution is -2.25. The molecule has 3 aliphatic rings. The Balaban J connectivity index is 1.48. The molecular weight excluding hydrogens is 559 g/mol. The fourth-order valence-corrected chi connectivity index (χ4v) is 6.44. The van der Waals surface area contributed by atoms with Crippen LogP contribution in [0.3, 0.4) is 0 Å². The van der Waals surface area contributed by atoms with Gasteiger partial charge in [0.15, 0.2) is 17.5 Å². The number of benzene rings is 1. The minimum absolute atomic E-state index is 0.124. The van der Waals surface area contributed by atoms with Gasteiger partial charge in [-0.1, -0.05) is 136 Å². The van der Waals surface area contributed by atoms with Gasteiger partial charge < -0.3 is 4.90 Å². The van der Waals surface area contributed by atoms with E-state index in [-0.39, 0.29) is 5.41 Å². The molecule has 0 spiro atoms. The third-order valence-corrected chi connectivity index (χ3v) is 8.82. The van der Waals surface area contributed by atoms with Crippen LogP contribution in [0.25, 0.3) is 22.5 Å². The number of allylic oxidation sites excluding steroid dienone is 15. The van der Waals surface area contributed by atoms with E-state index in [0.29, 0.717) is 5.82 Å². The Morgan fingerprint density at radius 2 is 1.65 bits per heavy atom. The summed E-state index contributed by atoms with van der Waals surface area (Å²) in [4.78, 5) is 17.4. The molecule has 1 aromatic heterocycles. The predicted molar refractivity (Wildman–Crippen MR) is 198 cm³/mol. The van der Waals surface area contributed by atoms with Crippen LogP contribution in [0.1, 0.15) is 65.5 Å². The van der Waals surface area contributed by atoms with E-state index in [1.165, 1.54) is 27.9 Å². The molecule has 1 aromatic carbocycles. The Morgan fingerprint density at radius 3 is 2.39 bits per heavy atom. The normalized spacial score (nSPS) is 20.3. The number of nitrogens with zero attached hydrogens (tertiary/aromatic N) is 4. The second-order valence-electron chi connectivity index (χ2n) is 13.3. The maximum Gasteiger partial charge on any atom is 0.164 e. The lowest BCUT2D eigenvalue weighted by molar-refractivity contribution is 0.426. The molecule has 0 saturated heterocycles. The maximum absolute atomic E-state index is 5.05. The van der Waals surface area contributed by atoms with Gasteiger partial charge in [0.25, 0.3) is 0 Å². The summed E-state index contributed by atoms with van der Waals surface area (Å²) in [6.07, 6.45) is 27.0. The van der Waals surface area contributed by atoms with Crippen molar-refractivity contribution in [3.8, 4) is 11.4 Å². The van der Waals surface area contributed by atoms with Crippen molar-refractivity contribution in [2.45, 2.75) is 60.7 Å². The van der Waals surface area contributed by atoms with Crippen molar-refractivity contribution >= 4 is 18.4 Å². The van der Waals surface area contributed by atoms with Gasteiger partial charge in [0.05, 0.1) is 0 Å². The van der Waals surface area contributed by atoms with Gasteiger partial charge in [-0.3, -0.25) is 0 Å². The Hall–Kier alpha value is -4.51. The zero-order valence-corrected chi connectivity index (χ0v) is 28.5. The molecule has 2 aliphatic carbocycles. The molecule has 46 heavy (non-hydrogen) atoms. The minimum Gasteiger partial charge on any atom is -0.364 e. The lowest BCUT2D eigenvalue weighted by atomic mass is 9.59. The summed E-state index contributed by atoms with van der Waals surface area (Å²) in [6, 6.07) is 10.2. The van der Waals surface area contributed by atoms with Crippen LogP contribution in [-0.2, 0) is 0 Å². The van der Waals surface area contributed by atoms with Crippen molar-refractivity contribution in [2.24, 2.45) is 5.41 Å². The van der Waals surface area contributed by atoms with Gasteiger partial charge in [-0.05, 0) is 61.3 Å². The van der Waals surface area contributed by atoms with Crippen LogP contribution in [0.5, 0.6) is 0 Å². The highest BCUT2D eigenvalue weighted by Crippen LogP contribution is 2.31. The van der Waals surface area contributed by atoms with E-state index in [1.54, 1.807) is 0 Å². The van der Waals surface area contributed by atoms with Gasteiger partial charge in [-0.25, -0.2) is 15.0 Å². The standard InChI is InChI=1S/C41H47BN4/c1-29-17-10-9-15-26-46(28-34(29)27-31(3)37(42-7)41(4,5)6)35-22-16-21-33(24-25-35)39-43-38(32-19-11-8-12-20-32)44-40(45-39)36-23-14-13-18-30(36)2/h8-12,15-23,25,27,42H,1,13-14,24,26,28H2,2-7H3/b15-9-,17-10-,34-27+,37-31-. The van der Waals surface area contributed by atoms with Crippen LogP contribution >= 0.6 is 0 Å². The van der Waals surface area contributed by atoms with Crippen molar-refractivity contribution in [3.05, 3.63) is 149 Å². The summed E-state index contributed by atoms with van der Waals surface area (Å²) in [6.45, 7) is 19.6. The molecule has 0 amide bonds. The summed E-state index contributed by atoms with van der Waals surface area (Å²) in [5.41, 5.74) is 10.8. The molecule has 0 atom stereocenters. The molecule has 234 valence electrons.